The van der Waals surface area contributed by atoms with Crippen LogP contribution in [0.3, 0.4) is 0 Å². The van der Waals surface area contributed by atoms with Crippen molar-refractivity contribution in [1.82, 2.24) is 4.90 Å². The Balaban J connectivity index is 1.75. The first-order valence-electron chi connectivity index (χ1n) is 8.39. The summed E-state index contributed by atoms with van der Waals surface area (Å²) in [5, 5.41) is -0.413. The molecule has 1 fully saturated rings. The molecular formula is C21H19NO3S. The van der Waals surface area contributed by atoms with Crippen molar-refractivity contribution in [3.05, 3.63) is 76.2 Å². The fourth-order valence-corrected chi connectivity index (χ4v) is 3.46. The van der Waals surface area contributed by atoms with Gasteiger partial charge in [-0.2, -0.15) is 0 Å². The van der Waals surface area contributed by atoms with Crippen LogP contribution in [0.5, 0.6) is 0 Å². The number of nitrogens with zero attached hydrogens (tertiary/aromatic N) is 1. The van der Waals surface area contributed by atoms with Gasteiger partial charge >= 0.3 is 0 Å². The van der Waals surface area contributed by atoms with Crippen LogP contribution in [0.15, 0.2) is 59.5 Å². The van der Waals surface area contributed by atoms with Gasteiger partial charge in [-0.1, -0.05) is 68.4 Å². The van der Waals surface area contributed by atoms with Gasteiger partial charge in [0.15, 0.2) is 5.78 Å². The fraction of sp³-hybridized carbons (Fsp3) is 0.190. The SMILES string of the molecule is CC(C)c1ccc(/C=C2/SC(=O)N(CC(=O)c3ccccc3)C2=O)cc1. The molecule has 5 heteroatoms. The summed E-state index contributed by atoms with van der Waals surface area (Å²) in [6, 6.07) is 16.5. The maximum atomic E-state index is 12.5. The molecule has 0 saturated carbocycles. The van der Waals surface area contributed by atoms with Gasteiger partial charge in [-0.3, -0.25) is 19.3 Å². The van der Waals surface area contributed by atoms with Crippen LogP contribution in [0.1, 0.15) is 41.3 Å². The number of hydrogen-bond acceptors (Lipinski definition) is 4. The monoisotopic (exact) mass is 365 g/mol. The summed E-state index contributed by atoms with van der Waals surface area (Å²) >= 11 is 0.871. The molecule has 0 N–H and O–H groups in total. The summed E-state index contributed by atoms with van der Waals surface area (Å²) in [6.45, 7) is 3.99. The van der Waals surface area contributed by atoms with Crippen LogP contribution in [0, 0.1) is 0 Å². The van der Waals surface area contributed by atoms with E-state index >= 15 is 0 Å². The van der Waals surface area contributed by atoms with E-state index in [0.29, 0.717) is 16.4 Å². The van der Waals surface area contributed by atoms with Crippen LogP contribution < -0.4 is 0 Å². The summed E-state index contributed by atoms with van der Waals surface area (Å²) in [7, 11) is 0. The summed E-state index contributed by atoms with van der Waals surface area (Å²) in [5.41, 5.74) is 2.55. The molecule has 2 aromatic rings. The van der Waals surface area contributed by atoms with E-state index in [2.05, 4.69) is 13.8 Å². The van der Waals surface area contributed by atoms with Crippen molar-refractivity contribution in [2.75, 3.05) is 6.54 Å². The third-order valence-corrected chi connectivity index (χ3v) is 5.08. The lowest BCUT2D eigenvalue weighted by Crippen LogP contribution is -2.33. The second kappa shape index (κ2) is 7.70. The zero-order valence-corrected chi connectivity index (χ0v) is 15.5. The van der Waals surface area contributed by atoms with Crippen LogP contribution in [0.4, 0.5) is 4.79 Å². The normalized spacial score (nSPS) is 16.0. The zero-order valence-electron chi connectivity index (χ0n) is 14.6. The summed E-state index contributed by atoms with van der Waals surface area (Å²) < 4.78 is 0. The Morgan fingerprint density at radius 1 is 1.04 bits per heavy atom. The van der Waals surface area contributed by atoms with Crippen LogP contribution >= 0.6 is 11.8 Å². The van der Waals surface area contributed by atoms with E-state index in [4.69, 9.17) is 0 Å². The number of carbonyl (C=O) groups is 3. The van der Waals surface area contributed by atoms with Crippen LogP contribution in [-0.4, -0.2) is 28.4 Å². The second-order valence-electron chi connectivity index (χ2n) is 6.38. The van der Waals surface area contributed by atoms with Crippen LogP contribution in [0.25, 0.3) is 6.08 Å². The summed E-state index contributed by atoms with van der Waals surface area (Å²) in [4.78, 5) is 38.3. The number of amides is 2. The van der Waals surface area contributed by atoms with Gasteiger partial charge in [0.25, 0.3) is 11.1 Å². The van der Waals surface area contributed by atoms with Crippen molar-refractivity contribution in [2.45, 2.75) is 19.8 Å². The van der Waals surface area contributed by atoms with E-state index in [-0.39, 0.29) is 12.3 Å². The average molecular weight is 365 g/mol. The fourth-order valence-electron chi connectivity index (χ4n) is 2.62. The molecule has 0 aromatic heterocycles. The number of ketones is 1. The second-order valence-corrected chi connectivity index (χ2v) is 7.37. The molecule has 1 aliphatic rings. The Morgan fingerprint density at radius 2 is 1.69 bits per heavy atom. The molecule has 0 aliphatic carbocycles. The van der Waals surface area contributed by atoms with E-state index < -0.39 is 11.1 Å². The Morgan fingerprint density at radius 3 is 2.31 bits per heavy atom. The molecule has 0 spiro atoms. The van der Waals surface area contributed by atoms with Crippen molar-refractivity contribution < 1.29 is 14.4 Å². The van der Waals surface area contributed by atoms with E-state index in [9.17, 15) is 14.4 Å². The highest BCUT2D eigenvalue weighted by atomic mass is 32.2. The molecule has 132 valence electrons. The molecule has 1 aliphatic heterocycles. The van der Waals surface area contributed by atoms with Gasteiger partial charge < -0.3 is 0 Å². The van der Waals surface area contributed by atoms with Gasteiger partial charge in [-0.15, -0.1) is 0 Å². The molecular weight excluding hydrogens is 346 g/mol. The smallest absolute Gasteiger partial charge is 0.292 e. The Hall–Kier alpha value is -2.66. The third kappa shape index (κ3) is 3.94. The number of thioether (sulfide) groups is 1. The molecule has 3 rings (SSSR count). The largest absolute Gasteiger partial charge is 0.293 e. The van der Waals surface area contributed by atoms with Crippen LogP contribution in [0.2, 0.25) is 0 Å². The predicted molar refractivity (Wildman–Crippen MR) is 104 cm³/mol. The van der Waals surface area contributed by atoms with E-state index in [1.807, 2.05) is 30.3 Å². The Bertz CT molecular complexity index is 870. The number of carbonyl (C=O) groups excluding carboxylic acids is 3. The van der Waals surface area contributed by atoms with Gasteiger partial charge in [0.05, 0.1) is 11.4 Å². The number of Topliss-reactive ketones (excluding diaryl/α,β-unsaturated/α-hetero) is 1. The zero-order chi connectivity index (χ0) is 18.7. The van der Waals surface area contributed by atoms with Crippen molar-refractivity contribution in [3.63, 3.8) is 0 Å². The van der Waals surface area contributed by atoms with Gasteiger partial charge in [-0.05, 0) is 34.9 Å². The summed E-state index contributed by atoms with van der Waals surface area (Å²) in [6.07, 6.45) is 1.70. The van der Waals surface area contributed by atoms with Gasteiger partial charge in [-0.25, -0.2) is 0 Å². The molecule has 2 amide bonds. The Labute approximate surface area is 156 Å². The number of rotatable bonds is 5. The van der Waals surface area contributed by atoms with Crippen LogP contribution in [-0.2, 0) is 4.79 Å². The maximum absolute atomic E-state index is 12.5. The summed E-state index contributed by atoms with van der Waals surface area (Å²) in [5.74, 6) is -0.243. The first kappa shape index (κ1) is 18.1. The number of benzene rings is 2. The van der Waals surface area contributed by atoms with Crippen molar-refractivity contribution in [3.8, 4) is 0 Å². The first-order chi connectivity index (χ1) is 12.5. The van der Waals surface area contributed by atoms with Gasteiger partial charge in [0, 0.05) is 5.56 Å². The van der Waals surface area contributed by atoms with Gasteiger partial charge in [0.1, 0.15) is 0 Å². The van der Waals surface area contributed by atoms with Crippen molar-refractivity contribution in [1.29, 1.82) is 0 Å². The minimum Gasteiger partial charge on any atom is -0.292 e. The topological polar surface area (TPSA) is 54.5 Å². The molecule has 2 aromatic carbocycles. The number of imide groups is 1. The minimum atomic E-state index is -0.419. The molecule has 0 radical (unpaired) electrons. The predicted octanol–water partition coefficient (Wildman–Crippen LogP) is 4.73. The average Bonchev–Trinajstić information content (AvgIpc) is 2.90. The first-order valence-corrected chi connectivity index (χ1v) is 9.21. The van der Waals surface area contributed by atoms with E-state index in [1.165, 1.54) is 5.56 Å². The third-order valence-electron chi connectivity index (χ3n) is 4.17. The molecule has 0 bridgehead atoms. The standard InChI is InChI=1S/C21H19NO3S/c1-14(2)16-10-8-15(9-11-16)12-19-20(24)22(21(25)26-19)13-18(23)17-6-4-3-5-7-17/h3-12,14H,13H2,1-2H3/b19-12+. The molecule has 1 saturated heterocycles. The van der Waals surface area contributed by atoms with E-state index in [0.717, 1.165) is 22.2 Å². The lowest BCUT2D eigenvalue weighted by molar-refractivity contribution is -0.122. The molecule has 26 heavy (non-hydrogen) atoms. The highest BCUT2D eigenvalue weighted by Crippen LogP contribution is 2.32. The van der Waals surface area contributed by atoms with Crippen molar-refractivity contribution >= 4 is 34.8 Å². The van der Waals surface area contributed by atoms with Crippen molar-refractivity contribution in [2.24, 2.45) is 0 Å². The maximum Gasteiger partial charge on any atom is 0.293 e. The van der Waals surface area contributed by atoms with Gasteiger partial charge in [0.2, 0.25) is 0 Å². The molecule has 0 unspecified atom stereocenters. The molecule has 4 nitrogen and oxygen atoms in total. The highest BCUT2D eigenvalue weighted by molar-refractivity contribution is 8.18. The Kier molecular flexibility index (Phi) is 5.38. The lowest BCUT2D eigenvalue weighted by atomic mass is 10.0. The molecule has 1 heterocycles. The lowest BCUT2D eigenvalue weighted by Gasteiger charge is -2.11. The quantitative estimate of drug-likeness (QED) is 0.568. The highest BCUT2D eigenvalue weighted by Gasteiger charge is 2.36. The molecule has 0 atom stereocenters. The van der Waals surface area contributed by atoms with E-state index in [1.54, 1.807) is 30.3 Å². The number of hydrogen-bond donors (Lipinski definition) is 0. The minimum absolute atomic E-state index is 0.238.